The quantitative estimate of drug-likeness (QED) is 0.630. The van der Waals surface area contributed by atoms with Crippen LogP contribution in [0.3, 0.4) is 0 Å². The second kappa shape index (κ2) is 5.44. The smallest absolute Gasteiger partial charge is 0.0428 e. The van der Waals surface area contributed by atoms with Crippen molar-refractivity contribution < 1.29 is 0 Å². The van der Waals surface area contributed by atoms with Gasteiger partial charge in [-0.25, -0.2) is 0 Å². The zero-order chi connectivity index (χ0) is 14.0. The molecule has 2 rings (SSSR count). The average molecular weight is 260 g/mol. The van der Waals surface area contributed by atoms with E-state index in [2.05, 4.69) is 44.7 Å². The number of nitrogens with two attached hydrogens (primary N) is 1. The van der Waals surface area contributed by atoms with Crippen LogP contribution in [-0.4, -0.2) is 12.6 Å². The van der Waals surface area contributed by atoms with Crippen molar-refractivity contribution in [3.63, 3.8) is 0 Å². The third-order valence-electron chi connectivity index (χ3n) is 4.79. The van der Waals surface area contributed by atoms with Crippen LogP contribution in [0.2, 0.25) is 0 Å². The van der Waals surface area contributed by atoms with Gasteiger partial charge in [-0.2, -0.15) is 0 Å². The van der Waals surface area contributed by atoms with Crippen LogP contribution < -0.4 is 10.6 Å². The van der Waals surface area contributed by atoms with E-state index in [1.807, 2.05) is 6.07 Å². The Balaban J connectivity index is 2.19. The Kier molecular flexibility index (Phi) is 4.07. The van der Waals surface area contributed by atoms with E-state index in [0.717, 1.165) is 12.2 Å². The number of hydrogen-bond donors (Lipinski definition) is 1. The van der Waals surface area contributed by atoms with E-state index in [-0.39, 0.29) is 5.41 Å². The van der Waals surface area contributed by atoms with Crippen LogP contribution in [0.5, 0.6) is 0 Å². The zero-order valence-electron chi connectivity index (χ0n) is 12.9. The Labute approximate surface area is 118 Å². The molecule has 0 spiro atoms. The third-order valence-corrected chi connectivity index (χ3v) is 4.79. The maximum atomic E-state index is 5.98. The average Bonchev–Trinajstić information content (AvgIpc) is 2.54. The predicted molar refractivity (Wildman–Crippen MR) is 84.8 cm³/mol. The first-order chi connectivity index (χ1) is 8.98. The summed E-state index contributed by atoms with van der Waals surface area (Å²) in [5, 5.41) is 0. The van der Waals surface area contributed by atoms with E-state index in [9.17, 15) is 0 Å². The van der Waals surface area contributed by atoms with Gasteiger partial charge in [0.15, 0.2) is 0 Å². The molecule has 1 heterocycles. The van der Waals surface area contributed by atoms with Crippen LogP contribution in [0.25, 0.3) is 0 Å². The molecule has 1 aromatic rings. The van der Waals surface area contributed by atoms with Crippen molar-refractivity contribution in [3.8, 4) is 0 Å². The van der Waals surface area contributed by atoms with Gasteiger partial charge in [0.1, 0.15) is 0 Å². The highest BCUT2D eigenvalue weighted by Gasteiger charge is 2.41. The molecule has 0 aliphatic carbocycles. The molecule has 1 aliphatic rings. The van der Waals surface area contributed by atoms with Crippen molar-refractivity contribution in [1.29, 1.82) is 0 Å². The summed E-state index contributed by atoms with van der Waals surface area (Å²) in [6.07, 6.45) is 5.25. The van der Waals surface area contributed by atoms with Gasteiger partial charge in [-0.15, -0.1) is 0 Å². The standard InChI is InChI=1S/C17H28N2/c1-5-6-7-8-11-19-13(2)17(3,4)15-10-9-14(18)12-16(15)19/h9-10,12-13H,5-8,11,18H2,1-4H3. The molecule has 0 bridgehead atoms. The van der Waals surface area contributed by atoms with Gasteiger partial charge in [-0.05, 0) is 31.0 Å². The Morgan fingerprint density at radius 2 is 1.95 bits per heavy atom. The number of nitrogens with zero attached hydrogens (tertiary/aromatic N) is 1. The molecule has 2 N–H and O–H groups in total. The number of nitrogen functional groups attached to an aromatic ring is 1. The molecule has 19 heavy (non-hydrogen) atoms. The highest BCUT2D eigenvalue weighted by Crippen LogP contribution is 2.45. The topological polar surface area (TPSA) is 29.3 Å². The Morgan fingerprint density at radius 3 is 2.63 bits per heavy atom. The lowest BCUT2D eigenvalue weighted by Gasteiger charge is -2.31. The second-order valence-corrected chi connectivity index (χ2v) is 6.43. The summed E-state index contributed by atoms with van der Waals surface area (Å²) in [5.41, 5.74) is 9.87. The molecule has 1 aliphatic heterocycles. The lowest BCUT2D eigenvalue weighted by atomic mass is 9.81. The summed E-state index contributed by atoms with van der Waals surface area (Å²) in [4.78, 5) is 2.56. The summed E-state index contributed by atoms with van der Waals surface area (Å²) in [6.45, 7) is 10.5. The van der Waals surface area contributed by atoms with Crippen LogP contribution in [0.1, 0.15) is 58.9 Å². The van der Waals surface area contributed by atoms with Gasteiger partial charge in [-0.3, -0.25) is 0 Å². The fourth-order valence-corrected chi connectivity index (χ4v) is 3.18. The van der Waals surface area contributed by atoms with Gasteiger partial charge in [0.2, 0.25) is 0 Å². The Bertz CT molecular complexity index is 437. The molecule has 0 radical (unpaired) electrons. The van der Waals surface area contributed by atoms with Crippen LogP contribution >= 0.6 is 0 Å². The van der Waals surface area contributed by atoms with Crippen molar-refractivity contribution >= 4 is 11.4 Å². The maximum Gasteiger partial charge on any atom is 0.0428 e. The van der Waals surface area contributed by atoms with E-state index in [4.69, 9.17) is 5.73 Å². The van der Waals surface area contributed by atoms with E-state index >= 15 is 0 Å². The molecule has 1 unspecified atom stereocenters. The fourth-order valence-electron chi connectivity index (χ4n) is 3.18. The van der Waals surface area contributed by atoms with Gasteiger partial charge in [-0.1, -0.05) is 46.1 Å². The van der Waals surface area contributed by atoms with Crippen molar-refractivity contribution in [2.45, 2.75) is 64.8 Å². The summed E-state index contributed by atoms with van der Waals surface area (Å²) in [7, 11) is 0. The first kappa shape index (κ1) is 14.2. The lowest BCUT2D eigenvalue weighted by molar-refractivity contribution is 0.437. The number of unbranched alkanes of at least 4 members (excludes halogenated alkanes) is 3. The number of anilines is 2. The van der Waals surface area contributed by atoms with Crippen LogP contribution in [0, 0.1) is 0 Å². The van der Waals surface area contributed by atoms with Crippen LogP contribution in [0.15, 0.2) is 18.2 Å². The normalized spacial score (nSPS) is 20.6. The van der Waals surface area contributed by atoms with E-state index in [1.165, 1.54) is 36.9 Å². The Morgan fingerprint density at radius 1 is 1.21 bits per heavy atom. The van der Waals surface area contributed by atoms with E-state index < -0.39 is 0 Å². The molecule has 0 saturated heterocycles. The molecule has 0 saturated carbocycles. The van der Waals surface area contributed by atoms with Gasteiger partial charge in [0, 0.05) is 29.4 Å². The number of hydrogen-bond acceptors (Lipinski definition) is 2. The molecule has 0 aromatic heterocycles. The highest BCUT2D eigenvalue weighted by atomic mass is 15.2. The largest absolute Gasteiger partial charge is 0.399 e. The molecule has 0 amide bonds. The monoisotopic (exact) mass is 260 g/mol. The van der Waals surface area contributed by atoms with Gasteiger partial charge in [0.05, 0.1) is 0 Å². The molecule has 2 heteroatoms. The molecular weight excluding hydrogens is 232 g/mol. The number of fused-ring (bicyclic) bond motifs is 1. The van der Waals surface area contributed by atoms with Crippen molar-refractivity contribution in [2.75, 3.05) is 17.2 Å². The minimum atomic E-state index is 0.216. The fraction of sp³-hybridized carbons (Fsp3) is 0.647. The van der Waals surface area contributed by atoms with Crippen molar-refractivity contribution in [3.05, 3.63) is 23.8 Å². The minimum Gasteiger partial charge on any atom is -0.399 e. The second-order valence-electron chi connectivity index (χ2n) is 6.43. The zero-order valence-corrected chi connectivity index (χ0v) is 12.9. The summed E-state index contributed by atoms with van der Waals surface area (Å²) >= 11 is 0. The van der Waals surface area contributed by atoms with Gasteiger partial charge < -0.3 is 10.6 Å². The number of rotatable bonds is 5. The minimum absolute atomic E-state index is 0.216. The lowest BCUT2D eigenvalue weighted by Crippen LogP contribution is -2.39. The first-order valence-corrected chi connectivity index (χ1v) is 7.65. The molecule has 1 atom stereocenters. The molecule has 1 aromatic carbocycles. The molecule has 0 fully saturated rings. The third kappa shape index (κ3) is 2.58. The van der Waals surface area contributed by atoms with Gasteiger partial charge in [0.25, 0.3) is 0 Å². The molecular formula is C17H28N2. The van der Waals surface area contributed by atoms with Crippen LogP contribution in [-0.2, 0) is 5.41 Å². The predicted octanol–water partition coefficient (Wildman–Crippen LogP) is 4.34. The summed E-state index contributed by atoms with van der Waals surface area (Å²) in [5.74, 6) is 0. The highest BCUT2D eigenvalue weighted by molar-refractivity contribution is 5.68. The first-order valence-electron chi connectivity index (χ1n) is 7.65. The summed E-state index contributed by atoms with van der Waals surface area (Å²) < 4.78 is 0. The molecule has 2 nitrogen and oxygen atoms in total. The SMILES string of the molecule is CCCCCCN1c2cc(N)ccc2C(C)(C)C1C. The van der Waals surface area contributed by atoms with Crippen molar-refractivity contribution in [2.24, 2.45) is 0 Å². The maximum absolute atomic E-state index is 5.98. The Hall–Kier alpha value is -1.18. The van der Waals surface area contributed by atoms with Crippen LogP contribution in [0.4, 0.5) is 11.4 Å². The van der Waals surface area contributed by atoms with Crippen molar-refractivity contribution in [1.82, 2.24) is 0 Å². The van der Waals surface area contributed by atoms with E-state index in [0.29, 0.717) is 6.04 Å². The number of benzene rings is 1. The van der Waals surface area contributed by atoms with Gasteiger partial charge >= 0.3 is 0 Å². The van der Waals surface area contributed by atoms with E-state index in [1.54, 1.807) is 0 Å². The molecule has 106 valence electrons. The summed E-state index contributed by atoms with van der Waals surface area (Å²) in [6, 6.07) is 6.95.